The molecule has 3 rings (SSSR count). The van der Waals surface area contributed by atoms with E-state index in [0.717, 1.165) is 25.6 Å². The molecule has 2 heterocycles. The predicted molar refractivity (Wildman–Crippen MR) is 55.0 cm³/mol. The topological polar surface area (TPSA) is 38.5 Å². The van der Waals surface area contributed by atoms with Crippen molar-refractivity contribution < 1.29 is 4.74 Å². The number of nitrogens with zero attached hydrogens (tertiary/aromatic N) is 1. The van der Waals surface area contributed by atoms with Gasteiger partial charge >= 0.3 is 0 Å². The number of hydrogen-bond donors (Lipinski definition) is 1. The lowest BCUT2D eigenvalue weighted by Crippen LogP contribution is -2.52. The molecule has 3 fully saturated rings. The zero-order valence-corrected chi connectivity index (χ0v) is 8.69. The first-order valence-electron chi connectivity index (χ1n) is 5.96. The van der Waals surface area contributed by atoms with Crippen molar-refractivity contribution in [1.29, 1.82) is 0 Å². The van der Waals surface area contributed by atoms with Gasteiger partial charge in [-0.15, -0.1) is 0 Å². The third-order valence-corrected chi connectivity index (χ3v) is 4.30. The minimum Gasteiger partial charge on any atom is -0.375 e. The number of hydrogen-bond acceptors (Lipinski definition) is 3. The Labute approximate surface area is 85.6 Å². The fourth-order valence-electron chi connectivity index (χ4n) is 3.26. The summed E-state index contributed by atoms with van der Waals surface area (Å²) >= 11 is 0. The Hall–Kier alpha value is -0.120. The van der Waals surface area contributed by atoms with Crippen LogP contribution >= 0.6 is 0 Å². The molecule has 0 aromatic rings. The van der Waals surface area contributed by atoms with Gasteiger partial charge in [-0.2, -0.15) is 0 Å². The third kappa shape index (κ3) is 1.30. The molecule has 1 saturated carbocycles. The lowest BCUT2D eigenvalue weighted by molar-refractivity contribution is -0.00960. The zero-order chi connectivity index (χ0) is 9.54. The van der Waals surface area contributed by atoms with E-state index in [1.807, 2.05) is 0 Å². The first-order chi connectivity index (χ1) is 6.88. The highest BCUT2D eigenvalue weighted by molar-refractivity contribution is 4.98. The van der Waals surface area contributed by atoms with Crippen LogP contribution in [0.4, 0.5) is 0 Å². The van der Waals surface area contributed by atoms with Gasteiger partial charge in [-0.25, -0.2) is 0 Å². The Bertz CT molecular complexity index is 217. The van der Waals surface area contributed by atoms with Crippen LogP contribution < -0.4 is 5.73 Å². The number of likely N-dealkylation sites (tertiary alicyclic amines) is 1. The van der Waals surface area contributed by atoms with E-state index >= 15 is 0 Å². The van der Waals surface area contributed by atoms with Crippen molar-refractivity contribution in [3.05, 3.63) is 0 Å². The first-order valence-corrected chi connectivity index (χ1v) is 5.96. The highest BCUT2D eigenvalue weighted by Gasteiger charge is 2.44. The summed E-state index contributed by atoms with van der Waals surface area (Å²) in [4.78, 5) is 2.64. The number of morpholine rings is 1. The van der Waals surface area contributed by atoms with Crippen molar-refractivity contribution in [2.24, 2.45) is 11.7 Å². The summed E-state index contributed by atoms with van der Waals surface area (Å²) in [6.45, 7) is 2.94. The molecule has 14 heavy (non-hydrogen) atoms. The standard InChI is InChI=1S/C11H20N2O/c12-5-11(8-2-1-3-8)13-6-10-4-9(13)7-14-10/h8-11H,1-7,12H2. The van der Waals surface area contributed by atoms with Crippen molar-refractivity contribution >= 4 is 0 Å². The summed E-state index contributed by atoms with van der Waals surface area (Å²) in [6, 6.07) is 1.34. The molecule has 2 N–H and O–H groups in total. The molecule has 2 aliphatic heterocycles. The van der Waals surface area contributed by atoms with Crippen molar-refractivity contribution in [2.45, 2.75) is 43.9 Å². The monoisotopic (exact) mass is 196 g/mol. The van der Waals surface area contributed by atoms with Crippen molar-refractivity contribution in [1.82, 2.24) is 4.90 Å². The van der Waals surface area contributed by atoms with E-state index in [-0.39, 0.29) is 0 Å². The Morgan fingerprint density at radius 3 is 2.71 bits per heavy atom. The Morgan fingerprint density at radius 2 is 2.29 bits per heavy atom. The van der Waals surface area contributed by atoms with Crippen LogP contribution in [0.5, 0.6) is 0 Å². The van der Waals surface area contributed by atoms with E-state index in [0.29, 0.717) is 18.2 Å². The molecule has 0 radical (unpaired) electrons. The molecule has 0 aromatic carbocycles. The molecule has 2 bridgehead atoms. The minimum atomic E-state index is 0.522. The van der Waals surface area contributed by atoms with Crippen LogP contribution in [0.3, 0.4) is 0 Å². The smallest absolute Gasteiger partial charge is 0.0718 e. The minimum absolute atomic E-state index is 0.522. The van der Waals surface area contributed by atoms with E-state index in [1.54, 1.807) is 0 Å². The average molecular weight is 196 g/mol. The highest BCUT2D eigenvalue weighted by atomic mass is 16.5. The van der Waals surface area contributed by atoms with Gasteiger partial charge in [-0.05, 0) is 25.2 Å². The zero-order valence-electron chi connectivity index (χ0n) is 8.69. The van der Waals surface area contributed by atoms with Crippen LogP contribution in [0.2, 0.25) is 0 Å². The second-order valence-corrected chi connectivity index (χ2v) is 5.04. The summed E-state index contributed by atoms with van der Waals surface area (Å²) < 4.78 is 5.63. The van der Waals surface area contributed by atoms with Gasteiger partial charge in [-0.3, -0.25) is 4.90 Å². The van der Waals surface area contributed by atoms with Crippen LogP contribution in [0.15, 0.2) is 0 Å². The summed E-state index contributed by atoms with van der Waals surface area (Å²) in [5.41, 5.74) is 5.91. The number of rotatable bonds is 3. The maximum Gasteiger partial charge on any atom is 0.0718 e. The van der Waals surface area contributed by atoms with E-state index < -0.39 is 0 Å². The molecule has 0 spiro atoms. The molecule has 3 unspecified atom stereocenters. The number of nitrogens with two attached hydrogens (primary N) is 1. The van der Waals surface area contributed by atoms with Crippen molar-refractivity contribution in [2.75, 3.05) is 19.7 Å². The molecule has 0 amide bonds. The molecule has 80 valence electrons. The lowest BCUT2D eigenvalue weighted by atomic mass is 9.79. The lowest BCUT2D eigenvalue weighted by Gasteiger charge is -2.42. The van der Waals surface area contributed by atoms with Crippen molar-refractivity contribution in [3.8, 4) is 0 Å². The van der Waals surface area contributed by atoms with Gasteiger partial charge in [0.25, 0.3) is 0 Å². The predicted octanol–water partition coefficient (Wildman–Crippen LogP) is 0.587. The molecule has 0 aromatic heterocycles. The van der Waals surface area contributed by atoms with E-state index in [1.165, 1.54) is 25.7 Å². The third-order valence-electron chi connectivity index (χ3n) is 4.30. The SMILES string of the molecule is NCC(C1CCC1)N1CC2CC1CO2. The summed E-state index contributed by atoms with van der Waals surface area (Å²) in [5, 5.41) is 0. The van der Waals surface area contributed by atoms with Gasteiger partial charge in [0, 0.05) is 25.2 Å². The molecular formula is C11H20N2O. The number of ether oxygens (including phenoxy) is 1. The van der Waals surface area contributed by atoms with Gasteiger partial charge in [0.05, 0.1) is 12.7 Å². The summed E-state index contributed by atoms with van der Waals surface area (Å²) in [7, 11) is 0. The first kappa shape index (κ1) is 9.13. The van der Waals surface area contributed by atoms with Gasteiger partial charge < -0.3 is 10.5 Å². The molecule has 3 nitrogen and oxygen atoms in total. The maximum absolute atomic E-state index is 5.91. The average Bonchev–Trinajstić information content (AvgIpc) is 2.71. The largest absolute Gasteiger partial charge is 0.375 e. The second-order valence-electron chi connectivity index (χ2n) is 5.04. The van der Waals surface area contributed by atoms with Gasteiger partial charge in [0.1, 0.15) is 0 Å². The molecular weight excluding hydrogens is 176 g/mol. The molecule has 3 heteroatoms. The quantitative estimate of drug-likeness (QED) is 0.718. The van der Waals surface area contributed by atoms with Gasteiger partial charge in [0.15, 0.2) is 0 Å². The molecule has 2 saturated heterocycles. The van der Waals surface area contributed by atoms with Crippen LogP contribution in [0.1, 0.15) is 25.7 Å². The fourth-order valence-corrected chi connectivity index (χ4v) is 3.26. The van der Waals surface area contributed by atoms with E-state index in [4.69, 9.17) is 10.5 Å². The second kappa shape index (κ2) is 3.47. The Kier molecular flexibility index (Phi) is 2.26. The van der Waals surface area contributed by atoms with Crippen LogP contribution in [-0.2, 0) is 4.74 Å². The van der Waals surface area contributed by atoms with Crippen molar-refractivity contribution in [3.63, 3.8) is 0 Å². The van der Waals surface area contributed by atoms with Gasteiger partial charge in [0.2, 0.25) is 0 Å². The fraction of sp³-hybridized carbons (Fsp3) is 1.00. The molecule has 1 aliphatic carbocycles. The van der Waals surface area contributed by atoms with Crippen LogP contribution in [-0.4, -0.2) is 42.8 Å². The van der Waals surface area contributed by atoms with E-state index in [2.05, 4.69) is 4.90 Å². The molecule has 3 aliphatic rings. The highest BCUT2D eigenvalue weighted by Crippen LogP contribution is 2.37. The maximum atomic E-state index is 5.91. The summed E-state index contributed by atoms with van der Waals surface area (Å²) in [5.74, 6) is 0.888. The number of fused-ring (bicyclic) bond motifs is 2. The normalized spacial score (nSPS) is 40.1. The summed E-state index contributed by atoms with van der Waals surface area (Å²) in [6.07, 6.45) is 5.99. The van der Waals surface area contributed by atoms with Crippen LogP contribution in [0.25, 0.3) is 0 Å². The Morgan fingerprint density at radius 1 is 1.43 bits per heavy atom. The van der Waals surface area contributed by atoms with Crippen LogP contribution in [0, 0.1) is 5.92 Å². The van der Waals surface area contributed by atoms with E-state index in [9.17, 15) is 0 Å². The molecule has 3 atom stereocenters. The van der Waals surface area contributed by atoms with Gasteiger partial charge in [-0.1, -0.05) is 6.42 Å². The Balaban J connectivity index is 1.67.